The van der Waals surface area contributed by atoms with Crippen LogP contribution in [0.2, 0.25) is 5.02 Å². The molecular weight excluding hydrogens is 455 g/mol. The minimum atomic E-state index is -5.60. The Bertz CT molecular complexity index is 1230. The van der Waals surface area contributed by atoms with Crippen molar-refractivity contribution in [1.29, 1.82) is 0 Å². The molecule has 0 aromatic carbocycles. The van der Waals surface area contributed by atoms with Crippen molar-refractivity contribution >= 4 is 27.4 Å². The smallest absolute Gasteiger partial charge is 0.261 e. The molecule has 3 heterocycles. The van der Waals surface area contributed by atoms with Gasteiger partial charge in [0.1, 0.15) is 5.82 Å². The monoisotopic (exact) mass is 473 g/mol. The van der Waals surface area contributed by atoms with E-state index in [1.807, 2.05) is 19.1 Å². The summed E-state index contributed by atoms with van der Waals surface area (Å²) in [7, 11) is -5.60. The summed E-state index contributed by atoms with van der Waals surface area (Å²) in [5.41, 5.74) is -1.30. The maximum Gasteiger partial charge on any atom is 0.516 e. The molecule has 0 saturated carbocycles. The van der Waals surface area contributed by atoms with E-state index in [2.05, 4.69) is 22.0 Å². The van der Waals surface area contributed by atoms with Crippen molar-refractivity contribution in [2.45, 2.75) is 39.1 Å². The number of rotatable bonds is 6. The Balaban J connectivity index is 2.00. The first-order valence-electron chi connectivity index (χ1n) is 9.21. The number of nitrogens with zero attached hydrogens (tertiary/aromatic N) is 4. The second-order valence-electron chi connectivity index (χ2n) is 6.81. The Morgan fingerprint density at radius 1 is 1.19 bits per heavy atom. The van der Waals surface area contributed by atoms with Gasteiger partial charge in [-0.3, -0.25) is 9.71 Å². The molecule has 12 heteroatoms. The van der Waals surface area contributed by atoms with Crippen LogP contribution in [0.5, 0.6) is 0 Å². The number of anilines is 1. The van der Waals surface area contributed by atoms with Gasteiger partial charge in [0, 0.05) is 41.0 Å². The van der Waals surface area contributed by atoms with Crippen LogP contribution >= 0.6 is 11.6 Å². The summed E-state index contributed by atoms with van der Waals surface area (Å²) in [5.74, 6) is -0.535. The Morgan fingerprint density at radius 3 is 2.52 bits per heavy atom. The summed E-state index contributed by atoms with van der Waals surface area (Å²) >= 11 is 6.27. The van der Waals surface area contributed by atoms with E-state index in [1.54, 1.807) is 17.8 Å². The Hall–Kier alpha value is -2.66. The highest BCUT2D eigenvalue weighted by molar-refractivity contribution is 7.93. The van der Waals surface area contributed by atoms with Gasteiger partial charge >= 0.3 is 15.5 Å². The molecule has 0 aliphatic carbocycles. The number of alkyl halides is 3. The summed E-state index contributed by atoms with van der Waals surface area (Å²) in [5, 5.41) is 4.59. The molecule has 3 aromatic rings. The van der Waals surface area contributed by atoms with Crippen molar-refractivity contribution in [3.8, 4) is 16.8 Å². The molecule has 3 rings (SSSR count). The summed E-state index contributed by atoms with van der Waals surface area (Å²) in [6, 6.07) is 4.78. The van der Waals surface area contributed by atoms with Crippen molar-refractivity contribution in [2.24, 2.45) is 0 Å². The Morgan fingerprint density at radius 2 is 1.90 bits per heavy atom. The van der Waals surface area contributed by atoms with Gasteiger partial charge in [0.25, 0.3) is 0 Å². The second kappa shape index (κ2) is 8.46. The number of halogens is 4. The molecule has 0 atom stereocenters. The van der Waals surface area contributed by atoms with Gasteiger partial charge < -0.3 is 0 Å². The van der Waals surface area contributed by atoms with Gasteiger partial charge in [0.15, 0.2) is 0 Å². The molecule has 0 spiro atoms. The molecule has 3 aromatic heterocycles. The maximum absolute atomic E-state index is 12.6. The molecule has 7 nitrogen and oxygen atoms in total. The number of aryl methyl sites for hydroxylation is 2. The Kier molecular flexibility index (Phi) is 6.28. The first kappa shape index (κ1) is 23.0. The fourth-order valence-electron chi connectivity index (χ4n) is 3.14. The zero-order valence-corrected chi connectivity index (χ0v) is 18.4. The quantitative estimate of drug-likeness (QED) is 0.554. The van der Waals surface area contributed by atoms with E-state index in [-0.39, 0.29) is 5.02 Å². The predicted molar refractivity (Wildman–Crippen MR) is 112 cm³/mol. The van der Waals surface area contributed by atoms with E-state index in [4.69, 9.17) is 11.6 Å². The van der Waals surface area contributed by atoms with Crippen LogP contribution in [0, 0.1) is 13.8 Å². The van der Waals surface area contributed by atoms with Gasteiger partial charge in [-0.2, -0.15) is 26.7 Å². The molecule has 0 amide bonds. The van der Waals surface area contributed by atoms with Crippen LogP contribution in [-0.4, -0.2) is 33.7 Å². The lowest BCUT2D eigenvalue weighted by Gasteiger charge is -2.12. The van der Waals surface area contributed by atoms with Crippen molar-refractivity contribution < 1.29 is 21.6 Å². The number of pyridine rings is 2. The third kappa shape index (κ3) is 4.67. The summed E-state index contributed by atoms with van der Waals surface area (Å²) in [4.78, 5) is 8.13. The van der Waals surface area contributed by atoms with E-state index >= 15 is 0 Å². The summed E-state index contributed by atoms with van der Waals surface area (Å²) in [6.45, 7) is 5.65. The van der Waals surface area contributed by atoms with Crippen LogP contribution in [0.1, 0.15) is 30.4 Å². The average molecular weight is 474 g/mol. The number of hydrogen-bond donors (Lipinski definition) is 1. The fraction of sp³-hybridized carbons (Fsp3) is 0.316. The summed E-state index contributed by atoms with van der Waals surface area (Å²) in [6.07, 6.45) is 4.69. The molecule has 0 aliphatic rings. The van der Waals surface area contributed by atoms with Gasteiger partial charge in [-0.1, -0.05) is 24.9 Å². The first-order valence-corrected chi connectivity index (χ1v) is 11.1. The number of sulfonamides is 1. The molecule has 0 unspecified atom stereocenters. The Labute approximate surface area is 182 Å². The minimum Gasteiger partial charge on any atom is -0.261 e. The van der Waals surface area contributed by atoms with Crippen molar-refractivity contribution in [3.05, 3.63) is 52.7 Å². The third-order valence-electron chi connectivity index (χ3n) is 4.51. The molecular formula is C19H19ClF3N5O2S. The van der Waals surface area contributed by atoms with Crippen LogP contribution < -0.4 is 4.72 Å². The molecule has 0 fully saturated rings. The maximum atomic E-state index is 12.6. The second-order valence-corrected chi connectivity index (χ2v) is 8.89. The molecule has 0 aliphatic heterocycles. The largest absolute Gasteiger partial charge is 0.516 e. The molecule has 31 heavy (non-hydrogen) atoms. The SMILES string of the molecule is CCCc1cc(-n2nc(C)c(-c3cnc(NS(=O)(=O)C(F)(F)F)cc3Cl)c2C)ccn1. The van der Waals surface area contributed by atoms with Crippen LogP contribution in [0.4, 0.5) is 19.0 Å². The zero-order chi connectivity index (χ0) is 23.0. The highest BCUT2D eigenvalue weighted by Gasteiger charge is 2.46. The van der Waals surface area contributed by atoms with E-state index < -0.39 is 21.3 Å². The van der Waals surface area contributed by atoms with Gasteiger partial charge in [0.05, 0.1) is 16.4 Å². The molecule has 166 valence electrons. The third-order valence-corrected chi connectivity index (χ3v) is 5.91. The van der Waals surface area contributed by atoms with Gasteiger partial charge in [-0.25, -0.2) is 9.67 Å². The van der Waals surface area contributed by atoms with Gasteiger partial charge in [-0.05, 0) is 32.4 Å². The molecule has 1 N–H and O–H groups in total. The van der Waals surface area contributed by atoms with E-state index in [0.29, 0.717) is 16.8 Å². The number of nitrogens with one attached hydrogen (secondary N) is 1. The van der Waals surface area contributed by atoms with Gasteiger partial charge in [0.2, 0.25) is 0 Å². The van der Waals surface area contributed by atoms with Crippen LogP contribution in [0.25, 0.3) is 16.8 Å². The topological polar surface area (TPSA) is 89.8 Å². The summed E-state index contributed by atoms with van der Waals surface area (Å²) < 4.78 is 63.4. The minimum absolute atomic E-state index is 0.0297. The van der Waals surface area contributed by atoms with Crippen molar-refractivity contribution in [3.63, 3.8) is 0 Å². The molecule has 0 radical (unpaired) electrons. The number of aromatic nitrogens is 4. The van der Waals surface area contributed by atoms with Crippen LogP contribution in [-0.2, 0) is 16.4 Å². The number of hydrogen-bond acceptors (Lipinski definition) is 5. The van der Waals surface area contributed by atoms with Crippen molar-refractivity contribution in [2.75, 3.05) is 4.72 Å². The normalized spacial score (nSPS) is 12.2. The lowest BCUT2D eigenvalue weighted by atomic mass is 10.1. The fourth-order valence-corrected chi connectivity index (χ4v) is 3.89. The first-order chi connectivity index (χ1) is 14.4. The predicted octanol–water partition coefficient (Wildman–Crippen LogP) is 4.81. The standard InChI is InChI=1S/C19H19ClF3N5O2S/c1-4-5-13-8-14(6-7-24-13)28-12(3)18(11(2)26-28)15-10-25-17(9-16(15)20)27-31(29,30)19(21,22)23/h6-10H,4-5H2,1-3H3,(H,25,27). The highest BCUT2D eigenvalue weighted by Crippen LogP contribution is 2.35. The molecule has 0 saturated heterocycles. The van der Waals surface area contributed by atoms with Crippen LogP contribution in [0.3, 0.4) is 0 Å². The van der Waals surface area contributed by atoms with E-state index in [1.165, 1.54) is 10.9 Å². The average Bonchev–Trinajstić information content (AvgIpc) is 2.96. The highest BCUT2D eigenvalue weighted by atomic mass is 35.5. The molecule has 0 bridgehead atoms. The van der Waals surface area contributed by atoms with Crippen molar-refractivity contribution in [1.82, 2.24) is 19.7 Å². The van der Waals surface area contributed by atoms with E-state index in [9.17, 15) is 21.6 Å². The lowest BCUT2D eigenvalue weighted by molar-refractivity contribution is -0.0429. The van der Waals surface area contributed by atoms with Crippen LogP contribution in [0.15, 0.2) is 30.6 Å². The zero-order valence-electron chi connectivity index (χ0n) is 16.8. The van der Waals surface area contributed by atoms with E-state index in [0.717, 1.165) is 36.0 Å². The lowest BCUT2D eigenvalue weighted by Crippen LogP contribution is -2.30. The van der Waals surface area contributed by atoms with Gasteiger partial charge in [-0.15, -0.1) is 0 Å².